The molecular weight excluding hydrogens is 607 g/mol. The summed E-state index contributed by atoms with van der Waals surface area (Å²) in [4.78, 5) is 42.5. The maximum absolute atomic E-state index is 12.3. The second kappa shape index (κ2) is 30.3. The molecule has 0 aliphatic rings. The van der Waals surface area contributed by atoms with E-state index < -0.39 is 38.6 Å². The van der Waals surface area contributed by atoms with Gasteiger partial charge in [0.05, 0.1) is 12.7 Å². The first-order valence-electron chi connectivity index (χ1n) is 17.4. The average Bonchev–Trinajstić information content (AvgIpc) is 3.01. The van der Waals surface area contributed by atoms with Crippen LogP contribution >= 0.6 is 7.82 Å². The molecule has 0 rings (SSSR count). The average molecular weight is 671 g/mol. The van der Waals surface area contributed by atoms with Crippen LogP contribution in [0.15, 0.2) is 48.6 Å². The third-order valence-corrected chi connectivity index (χ3v) is 7.96. The summed E-state index contributed by atoms with van der Waals surface area (Å²) in [5, 5.41) is 10.0. The normalized spacial score (nSPS) is 14.5. The zero-order valence-corrected chi connectivity index (χ0v) is 29.6. The van der Waals surface area contributed by atoms with Crippen molar-refractivity contribution >= 4 is 19.8 Å². The molecule has 0 saturated heterocycles. The Morgan fingerprint density at radius 2 is 1.43 bits per heavy atom. The molecule has 266 valence electrons. The van der Waals surface area contributed by atoms with E-state index in [1.165, 1.54) is 44.9 Å². The highest BCUT2D eigenvalue weighted by Gasteiger charge is 2.22. The lowest BCUT2D eigenvalue weighted by molar-refractivity contribution is -0.161. The molecule has 0 aromatic carbocycles. The summed E-state index contributed by atoms with van der Waals surface area (Å²) in [7, 11) is -4.78. The quantitative estimate of drug-likeness (QED) is 0.0225. The fraction of sp³-hybridized carbons (Fsp3) is 0.722. The Morgan fingerprint density at radius 3 is 2.15 bits per heavy atom. The van der Waals surface area contributed by atoms with Crippen molar-refractivity contribution in [2.45, 2.75) is 149 Å². The molecule has 0 aliphatic carbocycles. The van der Waals surface area contributed by atoms with Gasteiger partial charge in [0.15, 0.2) is 6.10 Å². The van der Waals surface area contributed by atoms with Gasteiger partial charge in [0, 0.05) is 12.8 Å². The predicted octanol–water partition coefficient (Wildman–Crippen LogP) is 8.83. The predicted molar refractivity (Wildman–Crippen MR) is 185 cm³/mol. The second-order valence-corrected chi connectivity index (χ2v) is 13.2. The summed E-state index contributed by atoms with van der Waals surface area (Å²) >= 11 is 0. The van der Waals surface area contributed by atoms with Gasteiger partial charge in [-0.2, -0.15) is 0 Å². The van der Waals surface area contributed by atoms with Crippen LogP contribution in [0.25, 0.3) is 0 Å². The van der Waals surface area contributed by atoms with Gasteiger partial charge in [0.1, 0.15) is 6.61 Å². The van der Waals surface area contributed by atoms with E-state index in [-0.39, 0.29) is 19.4 Å². The van der Waals surface area contributed by atoms with Crippen LogP contribution in [0, 0.1) is 5.92 Å². The minimum Gasteiger partial charge on any atom is -0.462 e. The smallest absolute Gasteiger partial charge is 0.462 e. The lowest BCUT2D eigenvalue weighted by atomic mass is 10.00. The summed E-state index contributed by atoms with van der Waals surface area (Å²) in [6.07, 6.45) is 30.3. The van der Waals surface area contributed by atoms with E-state index >= 15 is 0 Å². The molecule has 0 bridgehead atoms. The molecule has 0 amide bonds. The van der Waals surface area contributed by atoms with Crippen molar-refractivity contribution in [2.24, 2.45) is 5.92 Å². The van der Waals surface area contributed by atoms with E-state index in [2.05, 4.69) is 43.5 Å². The number of aliphatic hydroxyl groups is 1. The molecular formula is C36H63O9P. The van der Waals surface area contributed by atoms with Gasteiger partial charge in [-0.05, 0) is 50.9 Å². The van der Waals surface area contributed by atoms with Crippen molar-refractivity contribution in [1.82, 2.24) is 0 Å². The van der Waals surface area contributed by atoms with Crippen LogP contribution in [-0.4, -0.2) is 52.3 Å². The van der Waals surface area contributed by atoms with E-state index in [0.29, 0.717) is 25.7 Å². The van der Waals surface area contributed by atoms with E-state index in [1.54, 1.807) is 12.2 Å². The molecule has 3 N–H and O–H groups in total. The first-order chi connectivity index (χ1) is 22.1. The topological polar surface area (TPSA) is 140 Å². The Balaban J connectivity index is 4.23. The molecule has 0 saturated carbocycles. The van der Waals surface area contributed by atoms with Crippen molar-refractivity contribution in [1.29, 1.82) is 0 Å². The van der Waals surface area contributed by atoms with Crippen LogP contribution in [0.2, 0.25) is 0 Å². The molecule has 0 aliphatic heterocycles. The number of ether oxygens (including phenoxy) is 2. The molecule has 10 heteroatoms. The molecule has 2 unspecified atom stereocenters. The Hall–Kier alpha value is -2.03. The van der Waals surface area contributed by atoms with E-state index in [0.717, 1.165) is 38.0 Å². The minimum absolute atomic E-state index is 0.131. The SMILES string of the molecule is CCCCC/C=C\C/C=C\CC(O)/C=C\C=C\CCCC(=O)OC[C@H](COP(=O)(O)O)OC(=O)CCCCCCCCC(C)CC. The number of carbonyl (C=O) groups is 2. The monoisotopic (exact) mass is 670 g/mol. The number of allylic oxidation sites excluding steroid dienone is 6. The fourth-order valence-electron chi connectivity index (χ4n) is 4.42. The summed E-state index contributed by atoms with van der Waals surface area (Å²) in [5.74, 6) is -0.257. The summed E-state index contributed by atoms with van der Waals surface area (Å²) in [6.45, 7) is 5.75. The minimum atomic E-state index is -4.78. The van der Waals surface area contributed by atoms with Crippen molar-refractivity contribution in [3.05, 3.63) is 48.6 Å². The summed E-state index contributed by atoms with van der Waals surface area (Å²) in [5.41, 5.74) is 0. The van der Waals surface area contributed by atoms with Crippen LogP contribution in [0.3, 0.4) is 0 Å². The number of rotatable bonds is 30. The zero-order chi connectivity index (χ0) is 34.3. The lowest BCUT2D eigenvalue weighted by Gasteiger charge is -2.18. The van der Waals surface area contributed by atoms with Gasteiger partial charge in [-0.25, -0.2) is 4.57 Å². The summed E-state index contributed by atoms with van der Waals surface area (Å²) in [6, 6.07) is 0. The molecule has 3 atom stereocenters. The van der Waals surface area contributed by atoms with Crippen molar-refractivity contribution in [3.8, 4) is 0 Å². The number of carbonyl (C=O) groups excluding carboxylic acids is 2. The van der Waals surface area contributed by atoms with E-state index in [4.69, 9.17) is 19.3 Å². The highest BCUT2D eigenvalue weighted by Crippen LogP contribution is 2.36. The van der Waals surface area contributed by atoms with Crippen LogP contribution in [0.1, 0.15) is 136 Å². The molecule has 0 aromatic heterocycles. The van der Waals surface area contributed by atoms with Gasteiger partial charge in [-0.1, -0.05) is 127 Å². The van der Waals surface area contributed by atoms with Crippen LogP contribution < -0.4 is 0 Å². The standard InChI is InChI=1S/C36H63O9P/c1-4-6-7-8-9-10-11-16-21-26-33(37)27-22-17-14-19-23-28-35(38)43-30-34(31-44-46(40,41)42)45-36(39)29-24-18-13-12-15-20-25-32(3)5-2/h9-10,14,16-17,21-22,27,32-34,37H,4-8,11-13,15,18-20,23-26,28-31H2,1-3H3,(H2,40,41,42)/b10-9-,17-14+,21-16-,27-22-/t32?,33?,34-/m1/s1. The first kappa shape index (κ1) is 44.0. The van der Waals surface area contributed by atoms with Crippen LogP contribution in [-0.2, 0) is 28.2 Å². The number of phosphoric ester groups is 1. The highest BCUT2D eigenvalue weighted by atomic mass is 31.2. The first-order valence-corrected chi connectivity index (χ1v) is 19.0. The molecule has 0 heterocycles. The van der Waals surface area contributed by atoms with Crippen molar-refractivity contribution in [3.63, 3.8) is 0 Å². The Labute approximate surface area is 278 Å². The molecule has 0 fully saturated rings. The van der Waals surface area contributed by atoms with Gasteiger partial charge < -0.3 is 24.4 Å². The van der Waals surface area contributed by atoms with Gasteiger partial charge in [-0.3, -0.25) is 14.1 Å². The maximum Gasteiger partial charge on any atom is 0.469 e. The Bertz CT molecular complexity index is 922. The second-order valence-electron chi connectivity index (χ2n) is 11.9. The number of esters is 2. The molecule has 0 radical (unpaired) electrons. The van der Waals surface area contributed by atoms with Crippen LogP contribution in [0.4, 0.5) is 0 Å². The third-order valence-electron chi connectivity index (χ3n) is 7.47. The van der Waals surface area contributed by atoms with E-state index in [1.807, 2.05) is 18.2 Å². The van der Waals surface area contributed by atoms with Gasteiger partial charge >= 0.3 is 19.8 Å². The van der Waals surface area contributed by atoms with Gasteiger partial charge in [0.2, 0.25) is 0 Å². The number of unbranched alkanes of at least 4 members (excludes halogenated alkanes) is 9. The van der Waals surface area contributed by atoms with Gasteiger partial charge in [-0.15, -0.1) is 0 Å². The number of aliphatic hydroxyl groups excluding tert-OH is 1. The molecule has 0 aromatic rings. The van der Waals surface area contributed by atoms with E-state index in [9.17, 15) is 19.3 Å². The number of phosphoric acid groups is 1. The Morgan fingerprint density at radius 1 is 0.761 bits per heavy atom. The van der Waals surface area contributed by atoms with Gasteiger partial charge in [0.25, 0.3) is 0 Å². The fourth-order valence-corrected chi connectivity index (χ4v) is 4.78. The molecule has 0 spiro atoms. The lowest BCUT2D eigenvalue weighted by Crippen LogP contribution is -2.29. The molecule has 9 nitrogen and oxygen atoms in total. The third kappa shape index (κ3) is 31.9. The number of hydrogen-bond acceptors (Lipinski definition) is 7. The maximum atomic E-state index is 12.3. The Kier molecular flexibility index (Phi) is 29.0. The van der Waals surface area contributed by atoms with Crippen molar-refractivity contribution < 1.29 is 43.0 Å². The summed E-state index contributed by atoms with van der Waals surface area (Å²) < 4.78 is 26.1. The zero-order valence-electron chi connectivity index (χ0n) is 28.7. The van der Waals surface area contributed by atoms with Crippen molar-refractivity contribution in [2.75, 3.05) is 13.2 Å². The number of hydrogen-bond donors (Lipinski definition) is 3. The molecule has 46 heavy (non-hydrogen) atoms. The van der Waals surface area contributed by atoms with Crippen LogP contribution in [0.5, 0.6) is 0 Å². The highest BCUT2D eigenvalue weighted by molar-refractivity contribution is 7.46. The largest absolute Gasteiger partial charge is 0.469 e.